The molecule has 0 aliphatic rings. The number of halogens is 1. The van der Waals surface area contributed by atoms with Gasteiger partial charge in [-0.25, -0.2) is 4.39 Å². The van der Waals surface area contributed by atoms with Crippen molar-refractivity contribution in [3.05, 3.63) is 59.9 Å². The first kappa shape index (κ1) is 13.1. The second-order valence-electron chi connectivity index (χ2n) is 4.18. The molecule has 1 amide bonds. The van der Waals surface area contributed by atoms with Gasteiger partial charge in [0.2, 0.25) is 5.91 Å². The number of rotatable bonds is 4. The second-order valence-corrected chi connectivity index (χ2v) is 4.18. The van der Waals surface area contributed by atoms with E-state index in [-0.39, 0.29) is 18.3 Å². The Morgan fingerprint density at radius 3 is 2.58 bits per heavy atom. The number of carbonyl (C=O) groups excluding carboxylic acids is 1. The second kappa shape index (κ2) is 6.00. The highest BCUT2D eigenvalue weighted by Crippen LogP contribution is 2.17. The van der Waals surface area contributed by atoms with Gasteiger partial charge in [-0.05, 0) is 31.2 Å². The van der Waals surface area contributed by atoms with E-state index in [1.54, 1.807) is 19.1 Å². The number of hydrogen-bond acceptors (Lipinski definition) is 2. The largest absolute Gasteiger partial charge is 0.376 e. The molecule has 0 unspecified atom stereocenters. The number of amides is 1. The molecule has 0 spiro atoms. The number of anilines is 2. The predicted molar refractivity (Wildman–Crippen MR) is 74.7 cm³/mol. The molecule has 2 rings (SSSR count). The van der Waals surface area contributed by atoms with E-state index in [0.717, 1.165) is 5.69 Å². The van der Waals surface area contributed by atoms with Gasteiger partial charge in [0.15, 0.2) is 0 Å². The molecule has 3 nitrogen and oxygen atoms in total. The summed E-state index contributed by atoms with van der Waals surface area (Å²) in [4.78, 5) is 11.7. The van der Waals surface area contributed by atoms with Gasteiger partial charge in [-0.1, -0.05) is 24.3 Å². The van der Waals surface area contributed by atoms with Gasteiger partial charge in [-0.3, -0.25) is 4.79 Å². The number of nitrogens with one attached hydrogen (secondary N) is 2. The fraction of sp³-hybridized carbons (Fsp3) is 0.133. The summed E-state index contributed by atoms with van der Waals surface area (Å²) in [5.74, 6) is -0.455. The smallest absolute Gasteiger partial charge is 0.243 e. The van der Waals surface area contributed by atoms with Gasteiger partial charge in [0.05, 0.1) is 6.54 Å². The van der Waals surface area contributed by atoms with Crippen LogP contribution < -0.4 is 10.6 Å². The van der Waals surface area contributed by atoms with Crippen molar-refractivity contribution >= 4 is 17.3 Å². The molecule has 4 heteroatoms. The highest BCUT2D eigenvalue weighted by Gasteiger charge is 2.05. The molecule has 0 aromatic heterocycles. The third-order valence-corrected chi connectivity index (χ3v) is 2.76. The van der Waals surface area contributed by atoms with Crippen LogP contribution in [0, 0.1) is 12.7 Å². The minimum atomic E-state index is -0.284. The molecule has 2 N–H and O–H groups in total. The lowest BCUT2D eigenvalue weighted by molar-refractivity contribution is -0.114. The first-order valence-corrected chi connectivity index (χ1v) is 6.00. The Labute approximate surface area is 111 Å². The monoisotopic (exact) mass is 258 g/mol. The molecule has 98 valence electrons. The van der Waals surface area contributed by atoms with Gasteiger partial charge in [0.25, 0.3) is 0 Å². The maximum Gasteiger partial charge on any atom is 0.243 e. The highest BCUT2D eigenvalue weighted by molar-refractivity contribution is 5.93. The summed E-state index contributed by atoms with van der Waals surface area (Å²) in [7, 11) is 0. The van der Waals surface area contributed by atoms with E-state index >= 15 is 0 Å². The number of para-hydroxylation sites is 1. The van der Waals surface area contributed by atoms with Gasteiger partial charge >= 0.3 is 0 Å². The summed E-state index contributed by atoms with van der Waals surface area (Å²) in [5.41, 5.74) is 1.88. The van der Waals surface area contributed by atoms with Gasteiger partial charge in [-0.2, -0.15) is 0 Å². The van der Waals surface area contributed by atoms with Crippen molar-refractivity contribution in [1.82, 2.24) is 0 Å². The van der Waals surface area contributed by atoms with E-state index in [2.05, 4.69) is 10.6 Å². The zero-order valence-corrected chi connectivity index (χ0v) is 10.6. The fourth-order valence-electron chi connectivity index (χ4n) is 1.70. The van der Waals surface area contributed by atoms with E-state index < -0.39 is 0 Å². The van der Waals surface area contributed by atoms with Crippen molar-refractivity contribution in [2.75, 3.05) is 17.2 Å². The SMILES string of the molecule is Cc1c(F)cccc1NCC(=O)Nc1ccccc1. The molecule has 0 aliphatic carbocycles. The van der Waals surface area contributed by atoms with Crippen molar-refractivity contribution in [2.45, 2.75) is 6.92 Å². The van der Waals surface area contributed by atoms with Crippen molar-refractivity contribution in [2.24, 2.45) is 0 Å². The van der Waals surface area contributed by atoms with Crippen LogP contribution >= 0.6 is 0 Å². The molecule has 0 heterocycles. The van der Waals surface area contributed by atoms with Gasteiger partial charge in [0.1, 0.15) is 5.82 Å². The standard InChI is InChI=1S/C15H15FN2O/c1-11-13(16)8-5-9-14(11)17-10-15(19)18-12-6-3-2-4-7-12/h2-9,17H,10H2,1H3,(H,18,19). The zero-order chi connectivity index (χ0) is 13.7. The van der Waals surface area contributed by atoms with E-state index in [1.807, 2.05) is 30.3 Å². The molecule has 0 radical (unpaired) electrons. The molecule has 19 heavy (non-hydrogen) atoms. The minimum Gasteiger partial charge on any atom is -0.376 e. The maximum absolute atomic E-state index is 13.3. The maximum atomic E-state index is 13.3. The first-order chi connectivity index (χ1) is 9.16. The van der Waals surface area contributed by atoms with Crippen LogP contribution in [0.4, 0.5) is 15.8 Å². The summed E-state index contributed by atoms with van der Waals surface area (Å²) >= 11 is 0. The summed E-state index contributed by atoms with van der Waals surface area (Å²) in [6.07, 6.45) is 0. The molecular weight excluding hydrogens is 243 g/mol. The molecule has 2 aromatic carbocycles. The van der Waals surface area contributed by atoms with Crippen LogP contribution in [0.5, 0.6) is 0 Å². The summed E-state index contributed by atoms with van der Waals surface area (Å²) in [6.45, 7) is 1.77. The average Bonchev–Trinajstić information content (AvgIpc) is 2.42. The number of benzene rings is 2. The fourth-order valence-corrected chi connectivity index (χ4v) is 1.70. The van der Waals surface area contributed by atoms with Crippen LogP contribution in [0.25, 0.3) is 0 Å². The van der Waals surface area contributed by atoms with E-state index in [9.17, 15) is 9.18 Å². The third-order valence-electron chi connectivity index (χ3n) is 2.76. The van der Waals surface area contributed by atoms with Crippen molar-refractivity contribution in [1.29, 1.82) is 0 Å². The lowest BCUT2D eigenvalue weighted by atomic mass is 10.2. The average molecular weight is 258 g/mol. The number of carbonyl (C=O) groups is 1. The molecule has 0 saturated carbocycles. The van der Waals surface area contributed by atoms with Gasteiger partial charge in [0, 0.05) is 16.9 Å². The van der Waals surface area contributed by atoms with Crippen LogP contribution in [0.15, 0.2) is 48.5 Å². The third kappa shape index (κ3) is 3.55. The lowest BCUT2D eigenvalue weighted by Crippen LogP contribution is -2.22. The van der Waals surface area contributed by atoms with E-state index in [1.165, 1.54) is 6.07 Å². The van der Waals surface area contributed by atoms with E-state index in [4.69, 9.17) is 0 Å². The Bertz CT molecular complexity index is 570. The van der Waals surface area contributed by atoms with E-state index in [0.29, 0.717) is 11.3 Å². The molecule has 0 aliphatic heterocycles. The first-order valence-electron chi connectivity index (χ1n) is 6.00. The highest BCUT2D eigenvalue weighted by atomic mass is 19.1. The van der Waals surface area contributed by atoms with Crippen LogP contribution in [0.2, 0.25) is 0 Å². The minimum absolute atomic E-state index is 0.0964. The Morgan fingerprint density at radius 1 is 1.11 bits per heavy atom. The normalized spacial score (nSPS) is 10.0. The van der Waals surface area contributed by atoms with Crippen LogP contribution in [0.3, 0.4) is 0 Å². The molecule has 0 saturated heterocycles. The Balaban J connectivity index is 1.92. The molecule has 0 atom stereocenters. The van der Waals surface area contributed by atoms with Crippen LogP contribution in [-0.2, 0) is 4.79 Å². The van der Waals surface area contributed by atoms with Gasteiger partial charge in [-0.15, -0.1) is 0 Å². The zero-order valence-electron chi connectivity index (χ0n) is 10.6. The van der Waals surface area contributed by atoms with Gasteiger partial charge < -0.3 is 10.6 Å². The quantitative estimate of drug-likeness (QED) is 0.884. The number of hydrogen-bond donors (Lipinski definition) is 2. The molecule has 0 fully saturated rings. The Morgan fingerprint density at radius 2 is 1.84 bits per heavy atom. The van der Waals surface area contributed by atoms with Crippen molar-refractivity contribution in [3.8, 4) is 0 Å². The van der Waals surface area contributed by atoms with Crippen LogP contribution in [0.1, 0.15) is 5.56 Å². The summed E-state index contributed by atoms with van der Waals surface area (Å²) in [6, 6.07) is 13.9. The van der Waals surface area contributed by atoms with Crippen LogP contribution in [-0.4, -0.2) is 12.5 Å². The Hall–Kier alpha value is -2.36. The lowest BCUT2D eigenvalue weighted by Gasteiger charge is -2.10. The predicted octanol–water partition coefficient (Wildman–Crippen LogP) is 3.18. The van der Waals surface area contributed by atoms with Crippen molar-refractivity contribution in [3.63, 3.8) is 0 Å². The molecular formula is C15H15FN2O. The Kier molecular flexibility index (Phi) is 4.13. The van der Waals surface area contributed by atoms with Crippen molar-refractivity contribution < 1.29 is 9.18 Å². The molecule has 2 aromatic rings. The summed E-state index contributed by atoms with van der Waals surface area (Å²) in [5, 5.41) is 5.67. The summed E-state index contributed by atoms with van der Waals surface area (Å²) < 4.78 is 13.3. The molecule has 0 bridgehead atoms. The topological polar surface area (TPSA) is 41.1 Å².